The Kier molecular flexibility index (Phi) is 5.14. The van der Waals surface area contributed by atoms with E-state index in [0.717, 1.165) is 11.3 Å². The molecule has 0 bridgehead atoms. The average Bonchev–Trinajstić information content (AvgIpc) is 2.88. The Morgan fingerprint density at radius 3 is 2.12 bits per heavy atom. The topological polar surface area (TPSA) is 55.8 Å². The lowest BCUT2D eigenvalue weighted by molar-refractivity contribution is 0.0536. The summed E-state index contributed by atoms with van der Waals surface area (Å²) in [5.41, 5.74) is 2.02. The van der Waals surface area contributed by atoms with Crippen LogP contribution in [0.3, 0.4) is 0 Å². The Morgan fingerprint density at radius 1 is 0.960 bits per heavy atom. The Bertz CT molecular complexity index is 735. The van der Waals surface area contributed by atoms with Gasteiger partial charge in [0.1, 0.15) is 5.75 Å². The van der Waals surface area contributed by atoms with Gasteiger partial charge in [-0.25, -0.2) is 0 Å². The van der Waals surface area contributed by atoms with Crippen LogP contribution in [0.1, 0.15) is 33.2 Å². The average molecular weight is 339 g/mol. The van der Waals surface area contributed by atoms with E-state index in [-0.39, 0.29) is 17.7 Å². The van der Waals surface area contributed by atoms with Gasteiger partial charge in [-0.2, -0.15) is 0 Å². The molecule has 2 aromatic rings. The first-order valence-electron chi connectivity index (χ1n) is 8.26. The molecule has 1 heterocycles. The highest BCUT2D eigenvalue weighted by atomic mass is 16.5. The van der Waals surface area contributed by atoms with E-state index in [1.54, 1.807) is 31.4 Å². The highest BCUT2D eigenvalue weighted by Crippen LogP contribution is 2.23. The van der Waals surface area contributed by atoms with E-state index in [2.05, 4.69) is 0 Å². The fourth-order valence-electron chi connectivity index (χ4n) is 2.87. The van der Waals surface area contributed by atoms with Gasteiger partial charge in [-0.1, -0.05) is 31.2 Å². The van der Waals surface area contributed by atoms with Crippen molar-refractivity contribution in [1.29, 1.82) is 0 Å². The van der Waals surface area contributed by atoms with Gasteiger partial charge in [0.2, 0.25) is 0 Å². The summed E-state index contributed by atoms with van der Waals surface area (Å²) in [6, 6.07) is 14.6. The molecule has 2 amide bonds. The second-order valence-electron chi connectivity index (χ2n) is 6.23. The molecule has 5 heteroatoms. The standard InChI is InChI=1S/C20H21NO4/c1-14(12-25-13-15-7-9-16(24-2)10-8-15)11-21-19(22)17-5-3-4-6-18(17)20(21)23/h3-10,14H,11-13H2,1-2H3. The molecule has 0 radical (unpaired) electrons. The summed E-state index contributed by atoms with van der Waals surface area (Å²) in [4.78, 5) is 26.0. The zero-order valence-electron chi connectivity index (χ0n) is 14.4. The molecule has 1 aliphatic heterocycles. The minimum atomic E-state index is -0.220. The van der Waals surface area contributed by atoms with Crippen LogP contribution in [0.25, 0.3) is 0 Å². The summed E-state index contributed by atoms with van der Waals surface area (Å²) in [6.07, 6.45) is 0. The summed E-state index contributed by atoms with van der Waals surface area (Å²) < 4.78 is 10.8. The van der Waals surface area contributed by atoms with Gasteiger partial charge in [0.15, 0.2) is 0 Å². The first-order chi connectivity index (χ1) is 12.1. The molecule has 5 nitrogen and oxygen atoms in total. The van der Waals surface area contributed by atoms with Crippen molar-refractivity contribution >= 4 is 11.8 Å². The van der Waals surface area contributed by atoms with Gasteiger partial charge >= 0.3 is 0 Å². The first kappa shape index (κ1) is 17.2. The Morgan fingerprint density at radius 2 is 1.56 bits per heavy atom. The molecule has 0 aliphatic carbocycles. The van der Waals surface area contributed by atoms with E-state index < -0.39 is 0 Å². The minimum absolute atomic E-state index is 0.0560. The van der Waals surface area contributed by atoms with Gasteiger partial charge in [-0.05, 0) is 35.7 Å². The zero-order chi connectivity index (χ0) is 17.8. The molecule has 1 aliphatic rings. The first-order valence-corrected chi connectivity index (χ1v) is 8.26. The van der Waals surface area contributed by atoms with Gasteiger partial charge in [-0.3, -0.25) is 14.5 Å². The smallest absolute Gasteiger partial charge is 0.261 e. The summed E-state index contributed by atoms with van der Waals surface area (Å²) in [6.45, 7) is 3.28. The van der Waals surface area contributed by atoms with Crippen LogP contribution in [0.15, 0.2) is 48.5 Å². The number of benzene rings is 2. The van der Waals surface area contributed by atoms with Crippen molar-refractivity contribution in [2.75, 3.05) is 20.3 Å². The molecule has 0 saturated carbocycles. The van der Waals surface area contributed by atoms with Crippen molar-refractivity contribution < 1.29 is 19.1 Å². The van der Waals surface area contributed by atoms with Gasteiger partial charge in [0.25, 0.3) is 11.8 Å². The molecule has 0 N–H and O–H groups in total. The number of methoxy groups -OCH3 is 1. The van der Waals surface area contributed by atoms with Gasteiger partial charge < -0.3 is 9.47 Å². The lowest BCUT2D eigenvalue weighted by atomic mass is 10.1. The second-order valence-corrected chi connectivity index (χ2v) is 6.23. The van der Waals surface area contributed by atoms with Crippen molar-refractivity contribution in [3.8, 4) is 5.75 Å². The van der Waals surface area contributed by atoms with Crippen LogP contribution in [0.2, 0.25) is 0 Å². The number of carbonyl (C=O) groups excluding carboxylic acids is 2. The molecule has 3 rings (SSSR count). The second kappa shape index (κ2) is 7.49. The normalized spacial score (nSPS) is 14.6. The molecule has 0 saturated heterocycles. The van der Waals surface area contributed by atoms with E-state index in [0.29, 0.717) is 30.9 Å². The van der Waals surface area contributed by atoms with Gasteiger partial charge in [0, 0.05) is 6.54 Å². The molecule has 25 heavy (non-hydrogen) atoms. The third-order valence-electron chi connectivity index (χ3n) is 4.20. The molecule has 2 aromatic carbocycles. The third kappa shape index (κ3) is 3.72. The summed E-state index contributed by atoms with van der Waals surface area (Å²) >= 11 is 0. The van der Waals surface area contributed by atoms with Crippen molar-refractivity contribution in [2.24, 2.45) is 5.92 Å². The molecule has 0 spiro atoms. The summed E-state index contributed by atoms with van der Waals surface area (Å²) in [7, 11) is 1.63. The lowest BCUT2D eigenvalue weighted by Crippen LogP contribution is -2.35. The van der Waals surface area contributed by atoms with Crippen LogP contribution in [-0.4, -0.2) is 37.0 Å². The number of imide groups is 1. The number of hydrogen-bond donors (Lipinski definition) is 0. The van der Waals surface area contributed by atoms with Crippen molar-refractivity contribution in [3.05, 3.63) is 65.2 Å². The predicted molar refractivity (Wildman–Crippen MR) is 93.6 cm³/mol. The monoisotopic (exact) mass is 339 g/mol. The van der Waals surface area contributed by atoms with Crippen LogP contribution in [-0.2, 0) is 11.3 Å². The molecule has 0 aromatic heterocycles. The number of amides is 2. The molecular weight excluding hydrogens is 318 g/mol. The zero-order valence-corrected chi connectivity index (χ0v) is 14.4. The molecule has 130 valence electrons. The predicted octanol–water partition coefficient (Wildman–Crippen LogP) is 3.14. The van der Waals surface area contributed by atoms with E-state index in [9.17, 15) is 9.59 Å². The number of nitrogens with zero attached hydrogens (tertiary/aromatic N) is 1. The number of rotatable bonds is 7. The SMILES string of the molecule is COc1ccc(COCC(C)CN2C(=O)c3ccccc3C2=O)cc1. The van der Waals surface area contributed by atoms with Crippen molar-refractivity contribution in [3.63, 3.8) is 0 Å². The fourth-order valence-corrected chi connectivity index (χ4v) is 2.87. The van der Waals surface area contributed by atoms with Crippen LogP contribution < -0.4 is 4.74 Å². The van der Waals surface area contributed by atoms with Crippen molar-refractivity contribution in [2.45, 2.75) is 13.5 Å². The minimum Gasteiger partial charge on any atom is -0.497 e. The number of carbonyl (C=O) groups is 2. The van der Waals surface area contributed by atoms with E-state index in [1.165, 1.54) is 4.90 Å². The number of ether oxygens (including phenoxy) is 2. The van der Waals surface area contributed by atoms with E-state index in [1.807, 2.05) is 31.2 Å². The Hall–Kier alpha value is -2.66. The Labute approximate surface area is 147 Å². The maximum absolute atomic E-state index is 12.4. The summed E-state index contributed by atoms with van der Waals surface area (Å²) in [5.74, 6) is 0.424. The maximum atomic E-state index is 12.4. The largest absolute Gasteiger partial charge is 0.497 e. The molecular formula is C20H21NO4. The van der Waals surface area contributed by atoms with E-state index >= 15 is 0 Å². The maximum Gasteiger partial charge on any atom is 0.261 e. The molecule has 0 fully saturated rings. The quantitative estimate of drug-likeness (QED) is 0.727. The van der Waals surface area contributed by atoms with E-state index in [4.69, 9.17) is 9.47 Å². The number of fused-ring (bicyclic) bond motifs is 1. The third-order valence-corrected chi connectivity index (χ3v) is 4.20. The fraction of sp³-hybridized carbons (Fsp3) is 0.300. The summed E-state index contributed by atoms with van der Waals surface area (Å²) in [5, 5.41) is 0. The van der Waals surface area contributed by atoms with Crippen molar-refractivity contribution in [1.82, 2.24) is 4.90 Å². The lowest BCUT2D eigenvalue weighted by Gasteiger charge is -2.19. The Balaban J connectivity index is 1.50. The van der Waals surface area contributed by atoms with Gasteiger partial charge in [-0.15, -0.1) is 0 Å². The van der Waals surface area contributed by atoms with Gasteiger partial charge in [0.05, 0.1) is 31.5 Å². The molecule has 1 unspecified atom stereocenters. The number of hydrogen-bond acceptors (Lipinski definition) is 4. The van der Waals surface area contributed by atoms with Crippen LogP contribution in [0, 0.1) is 5.92 Å². The van der Waals surface area contributed by atoms with Crippen LogP contribution in [0.5, 0.6) is 5.75 Å². The molecule has 1 atom stereocenters. The van der Waals surface area contributed by atoms with Crippen LogP contribution >= 0.6 is 0 Å². The highest BCUT2D eigenvalue weighted by molar-refractivity contribution is 6.21. The van der Waals surface area contributed by atoms with Crippen LogP contribution in [0.4, 0.5) is 0 Å². The highest BCUT2D eigenvalue weighted by Gasteiger charge is 2.35.